The third-order valence-electron chi connectivity index (χ3n) is 3.75. The summed E-state index contributed by atoms with van der Waals surface area (Å²) in [6.45, 7) is 3.70. The lowest BCUT2D eigenvalue weighted by Crippen LogP contribution is -2.30. The fourth-order valence-electron chi connectivity index (χ4n) is 2.26. The maximum Gasteiger partial charge on any atom is 0.266 e. The van der Waals surface area contributed by atoms with Gasteiger partial charge < -0.3 is 4.74 Å². The van der Waals surface area contributed by atoms with Crippen molar-refractivity contribution >= 4 is 22.4 Å². The van der Waals surface area contributed by atoms with Gasteiger partial charge in [-0.2, -0.15) is 5.26 Å². The van der Waals surface area contributed by atoms with Crippen LogP contribution in [-0.4, -0.2) is 17.0 Å². The number of nitrogens with zero attached hydrogens (tertiary/aromatic N) is 2. The van der Waals surface area contributed by atoms with Crippen molar-refractivity contribution in [2.45, 2.75) is 20.0 Å². The zero-order valence-corrected chi connectivity index (χ0v) is 15.2. The van der Waals surface area contributed by atoms with Crippen molar-refractivity contribution in [3.8, 4) is 23.1 Å². The first-order valence-corrected chi connectivity index (χ1v) is 8.93. The van der Waals surface area contributed by atoms with Crippen LogP contribution in [0.25, 0.3) is 11.3 Å². The minimum atomic E-state index is -0.685. The van der Waals surface area contributed by atoms with Crippen LogP contribution in [-0.2, 0) is 4.79 Å². The Bertz CT molecular complexity index is 940. The van der Waals surface area contributed by atoms with Crippen LogP contribution in [0, 0.1) is 18.3 Å². The Morgan fingerprint density at radius 3 is 2.54 bits per heavy atom. The van der Waals surface area contributed by atoms with Crippen molar-refractivity contribution in [2.24, 2.45) is 0 Å². The maximum absolute atomic E-state index is 12.3. The third kappa shape index (κ3) is 4.26. The fourth-order valence-corrected chi connectivity index (χ4v) is 2.98. The number of aryl methyl sites for hydroxylation is 1. The average Bonchev–Trinajstić information content (AvgIpc) is 3.11. The monoisotopic (exact) mass is 363 g/mol. The van der Waals surface area contributed by atoms with E-state index >= 15 is 0 Å². The van der Waals surface area contributed by atoms with Gasteiger partial charge in [-0.05, 0) is 38.1 Å². The minimum Gasteiger partial charge on any atom is -0.481 e. The van der Waals surface area contributed by atoms with Crippen LogP contribution in [0.1, 0.15) is 18.1 Å². The molecule has 0 fully saturated rings. The number of thiazole rings is 1. The molecule has 2 aromatic carbocycles. The highest BCUT2D eigenvalue weighted by Gasteiger charge is 2.16. The SMILES string of the molecule is Cc1ccc(-c2csc(NC(=O)C(C)Oc3ccc(C#N)cc3)n2)cc1. The average molecular weight is 363 g/mol. The molecule has 0 spiro atoms. The van der Waals surface area contributed by atoms with Crippen LogP contribution < -0.4 is 10.1 Å². The van der Waals surface area contributed by atoms with Gasteiger partial charge in [0, 0.05) is 10.9 Å². The van der Waals surface area contributed by atoms with Gasteiger partial charge in [0.25, 0.3) is 5.91 Å². The molecule has 1 amide bonds. The van der Waals surface area contributed by atoms with Crippen molar-refractivity contribution in [1.82, 2.24) is 4.98 Å². The second-order valence-electron chi connectivity index (χ2n) is 5.79. The van der Waals surface area contributed by atoms with E-state index in [1.807, 2.05) is 42.6 Å². The van der Waals surface area contributed by atoms with E-state index in [1.54, 1.807) is 31.2 Å². The van der Waals surface area contributed by atoms with Gasteiger partial charge in [0.15, 0.2) is 11.2 Å². The van der Waals surface area contributed by atoms with Crippen molar-refractivity contribution in [3.63, 3.8) is 0 Å². The van der Waals surface area contributed by atoms with Crippen LogP contribution in [0.15, 0.2) is 53.9 Å². The maximum atomic E-state index is 12.3. The predicted molar refractivity (Wildman–Crippen MR) is 102 cm³/mol. The van der Waals surface area contributed by atoms with Crippen molar-refractivity contribution < 1.29 is 9.53 Å². The highest BCUT2D eigenvalue weighted by molar-refractivity contribution is 7.14. The Hall–Kier alpha value is -3.17. The van der Waals surface area contributed by atoms with Crippen molar-refractivity contribution in [2.75, 3.05) is 5.32 Å². The van der Waals surface area contributed by atoms with E-state index in [0.29, 0.717) is 16.4 Å². The Morgan fingerprint density at radius 2 is 1.88 bits per heavy atom. The number of carbonyl (C=O) groups excluding carboxylic acids is 1. The molecule has 0 saturated heterocycles. The highest BCUT2D eigenvalue weighted by atomic mass is 32.1. The molecule has 5 nitrogen and oxygen atoms in total. The quantitative estimate of drug-likeness (QED) is 0.729. The number of nitrogens with one attached hydrogen (secondary N) is 1. The predicted octanol–water partition coefficient (Wildman–Crippen LogP) is 4.40. The number of benzene rings is 2. The van der Waals surface area contributed by atoms with Crippen LogP contribution >= 0.6 is 11.3 Å². The fraction of sp³-hybridized carbons (Fsp3) is 0.150. The summed E-state index contributed by atoms with van der Waals surface area (Å²) in [5, 5.41) is 14.0. The first kappa shape index (κ1) is 17.6. The summed E-state index contributed by atoms with van der Waals surface area (Å²) in [4.78, 5) is 16.8. The molecule has 3 aromatic rings. The van der Waals surface area contributed by atoms with Crippen LogP contribution in [0.4, 0.5) is 5.13 Å². The molecule has 26 heavy (non-hydrogen) atoms. The van der Waals surface area contributed by atoms with Gasteiger partial charge in [-0.15, -0.1) is 11.3 Å². The molecule has 0 aliphatic carbocycles. The largest absolute Gasteiger partial charge is 0.481 e. The van der Waals surface area contributed by atoms with E-state index in [2.05, 4.69) is 10.3 Å². The second kappa shape index (κ2) is 7.81. The molecule has 1 heterocycles. The standard InChI is InChI=1S/C20H17N3O2S/c1-13-3-7-16(8-4-13)18-12-26-20(22-18)23-19(24)14(2)25-17-9-5-15(11-21)6-10-17/h3-10,12,14H,1-2H3,(H,22,23,24). The molecule has 3 rings (SSSR count). The number of hydrogen-bond donors (Lipinski definition) is 1. The molecule has 1 atom stereocenters. The highest BCUT2D eigenvalue weighted by Crippen LogP contribution is 2.25. The number of anilines is 1. The number of nitriles is 1. The Morgan fingerprint density at radius 1 is 1.19 bits per heavy atom. The minimum absolute atomic E-state index is 0.279. The van der Waals surface area contributed by atoms with Crippen molar-refractivity contribution in [3.05, 3.63) is 65.0 Å². The lowest BCUT2D eigenvalue weighted by molar-refractivity contribution is -0.122. The zero-order valence-electron chi connectivity index (χ0n) is 14.4. The van der Waals surface area contributed by atoms with Gasteiger partial charge in [-0.25, -0.2) is 4.98 Å². The Kier molecular flexibility index (Phi) is 5.30. The molecule has 0 aliphatic rings. The van der Waals surface area contributed by atoms with E-state index in [-0.39, 0.29) is 5.91 Å². The number of hydrogen-bond acceptors (Lipinski definition) is 5. The van der Waals surface area contributed by atoms with Gasteiger partial charge in [0.2, 0.25) is 0 Å². The molecule has 1 aromatic heterocycles. The molecule has 130 valence electrons. The normalized spacial score (nSPS) is 11.4. The summed E-state index contributed by atoms with van der Waals surface area (Å²) in [5.41, 5.74) is 3.56. The van der Waals surface area contributed by atoms with Crippen molar-refractivity contribution in [1.29, 1.82) is 5.26 Å². The second-order valence-corrected chi connectivity index (χ2v) is 6.65. The van der Waals surface area contributed by atoms with E-state index in [4.69, 9.17) is 10.00 Å². The topological polar surface area (TPSA) is 75.0 Å². The Labute approximate surface area is 155 Å². The molecule has 6 heteroatoms. The summed E-state index contributed by atoms with van der Waals surface area (Å²) in [5.74, 6) is 0.255. The summed E-state index contributed by atoms with van der Waals surface area (Å²) in [6, 6.07) is 16.7. The third-order valence-corrected chi connectivity index (χ3v) is 4.50. The number of ether oxygens (including phenoxy) is 1. The van der Waals surface area contributed by atoms with Crippen LogP contribution in [0.2, 0.25) is 0 Å². The lowest BCUT2D eigenvalue weighted by atomic mass is 10.1. The number of amides is 1. The first-order valence-electron chi connectivity index (χ1n) is 8.05. The lowest BCUT2D eigenvalue weighted by Gasteiger charge is -2.13. The summed E-state index contributed by atoms with van der Waals surface area (Å²) in [7, 11) is 0. The number of aromatic nitrogens is 1. The number of rotatable bonds is 5. The number of carbonyl (C=O) groups is 1. The van der Waals surface area contributed by atoms with Gasteiger partial charge in [0.1, 0.15) is 5.75 Å². The molecule has 1 unspecified atom stereocenters. The summed E-state index contributed by atoms with van der Waals surface area (Å²) < 4.78 is 5.61. The zero-order chi connectivity index (χ0) is 18.5. The van der Waals surface area contributed by atoms with E-state index in [9.17, 15) is 4.79 Å². The first-order chi connectivity index (χ1) is 12.5. The molecule has 0 radical (unpaired) electrons. The summed E-state index contributed by atoms with van der Waals surface area (Å²) >= 11 is 1.37. The molecule has 0 saturated carbocycles. The molecule has 1 N–H and O–H groups in total. The molecular formula is C20H17N3O2S. The molecule has 0 bridgehead atoms. The smallest absolute Gasteiger partial charge is 0.266 e. The van der Waals surface area contributed by atoms with E-state index in [0.717, 1.165) is 11.3 Å². The van der Waals surface area contributed by atoms with Crippen LogP contribution in [0.5, 0.6) is 5.75 Å². The van der Waals surface area contributed by atoms with E-state index in [1.165, 1.54) is 16.9 Å². The van der Waals surface area contributed by atoms with Gasteiger partial charge >= 0.3 is 0 Å². The van der Waals surface area contributed by atoms with Gasteiger partial charge in [-0.1, -0.05) is 29.8 Å². The van der Waals surface area contributed by atoms with Crippen LogP contribution in [0.3, 0.4) is 0 Å². The molecule has 0 aliphatic heterocycles. The molecular weight excluding hydrogens is 346 g/mol. The van der Waals surface area contributed by atoms with Gasteiger partial charge in [0.05, 0.1) is 17.3 Å². The van der Waals surface area contributed by atoms with Gasteiger partial charge in [-0.3, -0.25) is 10.1 Å². The Balaban J connectivity index is 1.62. The summed E-state index contributed by atoms with van der Waals surface area (Å²) in [6.07, 6.45) is -0.685. The van der Waals surface area contributed by atoms with E-state index < -0.39 is 6.10 Å².